The van der Waals surface area contributed by atoms with E-state index in [0.717, 1.165) is 36.8 Å². The number of aromatic hydroxyl groups is 1. The molecule has 13 heteroatoms. The summed E-state index contributed by atoms with van der Waals surface area (Å²) in [6.07, 6.45) is 4.92. The predicted molar refractivity (Wildman–Crippen MR) is 192 cm³/mol. The zero-order valence-electron chi connectivity index (χ0n) is 30.5. The van der Waals surface area contributed by atoms with Crippen LogP contribution in [0.15, 0.2) is 48.5 Å². The van der Waals surface area contributed by atoms with Crippen LogP contribution in [0.3, 0.4) is 0 Å². The van der Waals surface area contributed by atoms with E-state index in [-0.39, 0.29) is 37.3 Å². The first-order valence-corrected chi connectivity index (χ1v) is 19.1. The number of phenols is 1. The van der Waals surface area contributed by atoms with E-state index >= 15 is 0 Å². The van der Waals surface area contributed by atoms with Gasteiger partial charge in [0.05, 0.1) is 31.9 Å². The Hall–Kier alpha value is -3.39. The van der Waals surface area contributed by atoms with Crippen LogP contribution in [-0.4, -0.2) is 104 Å². The molecule has 1 saturated heterocycles. The van der Waals surface area contributed by atoms with Crippen LogP contribution in [0.5, 0.6) is 11.5 Å². The number of carbonyl (C=O) groups is 2. The summed E-state index contributed by atoms with van der Waals surface area (Å²) in [5.74, 6) is 1.23. The topological polar surface area (TPSA) is 138 Å². The first-order chi connectivity index (χ1) is 23.7. The van der Waals surface area contributed by atoms with Gasteiger partial charge in [0, 0.05) is 40.2 Å². The van der Waals surface area contributed by atoms with Crippen LogP contribution in [-0.2, 0) is 31.0 Å². The summed E-state index contributed by atoms with van der Waals surface area (Å²) in [6, 6.07) is 13.8. The highest BCUT2D eigenvalue weighted by Gasteiger charge is 2.45. The molecular weight excluding hydrogens is 660 g/mol. The van der Waals surface area contributed by atoms with Gasteiger partial charge in [-0.3, -0.25) is 4.79 Å². The van der Waals surface area contributed by atoms with Crippen LogP contribution in [0.4, 0.5) is 4.79 Å². The van der Waals surface area contributed by atoms with Crippen molar-refractivity contribution >= 4 is 22.2 Å². The summed E-state index contributed by atoms with van der Waals surface area (Å²) in [5, 5.41) is 12.7. The normalized spacial score (nSPS) is 21.4. The molecule has 1 saturated carbocycles. The fraction of sp³-hybridized carbons (Fsp3) is 0.622. The maximum atomic E-state index is 13.9. The van der Waals surface area contributed by atoms with Gasteiger partial charge in [-0.25, -0.2) is 4.79 Å². The summed E-state index contributed by atoms with van der Waals surface area (Å²) in [5.41, 5.74) is 1.35. The van der Waals surface area contributed by atoms with Crippen LogP contribution < -0.4 is 10.1 Å². The highest BCUT2D eigenvalue weighted by Crippen LogP contribution is 2.36. The first-order valence-electron chi connectivity index (χ1n) is 17.7. The second kappa shape index (κ2) is 17.7. The summed E-state index contributed by atoms with van der Waals surface area (Å²) in [6.45, 7) is 6.58. The summed E-state index contributed by atoms with van der Waals surface area (Å²) in [4.78, 5) is 27.6. The van der Waals surface area contributed by atoms with Crippen molar-refractivity contribution in [1.82, 2.24) is 18.8 Å². The molecule has 1 aliphatic carbocycles. The molecule has 50 heavy (non-hydrogen) atoms. The third-order valence-electron chi connectivity index (χ3n) is 9.46. The molecule has 2 amide bonds. The molecule has 2 aromatic carbocycles. The van der Waals surface area contributed by atoms with Gasteiger partial charge in [0.25, 0.3) is 10.2 Å². The largest absolute Gasteiger partial charge is 0.508 e. The average molecular weight is 717 g/mol. The molecule has 2 atom stereocenters. The van der Waals surface area contributed by atoms with Gasteiger partial charge in [-0.15, -0.1) is 0 Å². The zero-order valence-corrected chi connectivity index (χ0v) is 31.3. The van der Waals surface area contributed by atoms with Gasteiger partial charge in [-0.2, -0.15) is 17.0 Å². The van der Waals surface area contributed by atoms with Gasteiger partial charge in [0.15, 0.2) is 0 Å². The van der Waals surface area contributed by atoms with Gasteiger partial charge in [0.1, 0.15) is 17.1 Å². The fourth-order valence-electron chi connectivity index (χ4n) is 6.80. The van der Waals surface area contributed by atoms with Crippen molar-refractivity contribution in [3.05, 3.63) is 59.7 Å². The lowest BCUT2D eigenvalue weighted by atomic mass is 9.82. The molecule has 278 valence electrons. The Balaban J connectivity index is 1.46. The lowest BCUT2D eigenvalue weighted by Crippen LogP contribution is -2.53. The molecule has 0 spiro atoms. The van der Waals surface area contributed by atoms with Gasteiger partial charge in [0.2, 0.25) is 5.91 Å². The molecule has 2 N–H and O–H groups in total. The smallest absolute Gasteiger partial charge is 0.407 e. The quantitative estimate of drug-likeness (QED) is 0.233. The van der Waals surface area contributed by atoms with Crippen molar-refractivity contribution in [3.63, 3.8) is 0 Å². The molecule has 4 rings (SSSR count). The maximum absolute atomic E-state index is 13.9. The third-order valence-corrected chi connectivity index (χ3v) is 11.4. The highest BCUT2D eigenvalue weighted by atomic mass is 32.2. The lowest BCUT2D eigenvalue weighted by Gasteiger charge is -2.37. The Morgan fingerprint density at radius 2 is 1.70 bits per heavy atom. The van der Waals surface area contributed by atoms with Gasteiger partial charge in [-0.1, -0.05) is 24.3 Å². The van der Waals surface area contributed by atoms with Crippen molar-refractivity contribution in [2.45, 2.75) is 108 Å². The number of unbranched alkanes of at least 4 members (excludes halogenated alkanes) is 1. The van der Waals surface area contributed by atoms with Crippen LogP contribution in [0.1, 0.15) is 89.2 Å². The molecule has 2 aliphatic rings. The van der Waals surface area contributed by atoms with Gasteiger partial charge >= 0.3 is 6.09 Å². The standard InChI is InChI=1S/C37H56N4O8S/c1-37(2,3)49-36(44)38-22-8-7-12-35(43)40-23-21-33(41(50(45,46)39(4)5)25-27-13-17-31(47-6)18-14-27)34(40)26-48-32-19-15-28(16-20-32)29-10-9-11-30(42)24-29/h9-11,13-14,17-18,24,28,32-34,42H,7-8,12,15-16,19-23,25-26H2,1-6H3,(H,38,44)/t28?,32?,33-,34-/m0/s1. The Morgan fingerprint density at radius 3 is 2.32 bits per heavy atom. The van der Waals surface area contributed by atoms with Crippen LogP contribution in [0, 0.1) is 0 Å². The summed E-state index contributed by atoms with van der Waals surface area (Å²) in [7, 11) is 0.755. The Bertz CT molecular complexity index is 1500. The van der Waals surface area contributed by atoms with Crippen molar-refractivity contribution in [3.8, 4) is 11.5 Å². The summed E-state index contributed by atoms with van der Waals surface area (Å²) < 4.78 is 47.6. The van der Waals surface area contributed by atoms with E-state index in [1.807, 2.05) is 42.5 Å². The number of nitrogens with one attached hydrogen (secondary N) is 1. The zero-order chi connectivity index (χ0) is 36.5. The fourth-order valence-corrected chi connectivity index (χ4v) is 8.12. The number of hydrogen-bond donors (Lipinski definition) is 2. The number of ether oxygens (including phenoxy) is 3. The molecule has 12 nitrogen and oxygen atoms in total. The second-order valence-corrected chi connectivity index (χ2v) is 16.6. The number of likely N-dealkylation sites (tertiary alicyclic amines) is 1. The molecular formula is C37H56N4O8S. The molecule has 0 aromatic heterocycles. The molecule has 1 heterocycles. The van der Waals surface area contributed by atoms with Crippen LogP contribution in [0.2, 0.25) is 0 Å². The monoisotopic (exact) mass is 716 g/mol. The average Bonchev–Trinajstić information content (AvgIpc) is 3.49. The third kappa shape index (κ3) is 11.1. The molecule has 2 fully saturated rings. The highest BCUT2D eigenvalue weighted by molar-refractivity contribution is 7.86. The molecule has 0 unspecified atom stereocenters. The van der Waals surface area contributed by atoms with Crippen molar-refractivity contribution in [2.24, 2.45) is 0 Å². The summed E-state index contributed by atoms with van der Waals surface area (Å²) >= 11 is 0. The van der Waals surface area contributed by atoms with E-state index in [0.29, 0.717) is 44.0 Å². The van der Waals surface area contributed by atoms with Crippen LogP contribution >= 0.6 is 0 Å². The minimum Gasteiger partial charge on any atom is -0.508 e. The first kappa shape index (κ1) is 39.4. The van der Waals surface area contributed by atoms with Crippen LogP contribution in [0.25, 0.3) is 0 Å². The van der Waals surface area contributed by atoms with E-state index in [2.05, 4.69) is 5.32 Å². The number of methoxy groups -OCH3 is 1. The molecule has 0 radical (unpaired) electrons. The van der Waals surface area contributed by atoms with E-state index in [1.165, 1.54) is 22.7 Å². The number of alkyl carbamates (subject to hydrolysis) is 1. The van der Waals surface area contributed by atoms with Crippen molar-refractivity contribution in [2.75, 3.05) is 40.9 Å². The number of amides is 2. The SMILES string of the molecule is COc1ccc(CN([C@H]2CCN(C(=O)CCCCNC(=O)OC(C)(C)C)[C@H]2COC2CCC(c3cccc(O)c3)CC2)S(=O)(=O)N(C)C)cc1. The molecule has 1 aliphatic heterocycles. The van der Waals surface area contributed by atoms with E-state index in [1.54, 1.807) is 38.8 Å². The number of nitrogens with zero attached hydrogens (tertiary/aromatic N) is 3. The van der Waals surface area contributed by atoms with E-state index < -0.39 is 34.0 Å². The number of carbonyl (C=O) groups excluding carboxylic acids is 2. The Kier molecular flexibility index (Phi) is 13.9. The van der Waals surface area contributed by atoms with Crippen molar-refractivity contribution in [1.29, 1.82) is 0 Å². The van der Waals surface area contributed by atoms with E-state index in [9.17, 15) is 23.1 Å². The molecule has 0 bridgehead atoms. The van der Waals surface area contributed by atoms with Gasteiger partial charge in [-0.05, 0) is 107 Å². The van der Waals surface area contributed by atoms with E-state index in [4.69, 9.17) is 14.2 Å². The lowest BCUT2D eigenvalue weighted by molar-refractivity contribution is -0.134. The number of hydrogen-bond acceptors (Lipinski definition) is 8. The maximum Gasteiger partial charge on any atom is 0.407 e. The Morgan fingerprint density at radius 1 is 1.00 bits per heavy atom. The Labute approximate surface area is 298 Å². The predicted octanol–water partition coefficient (Wildman–Crippen LogP) is 5.42. The molecule has 2 aromatic rings. The minimum absolute atomic E-state index is 0.0128. The number of phenolic OH excluding ortho intramolecular Hbond substituents is 1. The minimum atomic E-state index is -3.88. The van der Waals surface area contributed by atoms with Gasteiger partial charge < -0.3 is 29.5 Å². The number of rotatable bonds is 15. The number of benzene rings is 2. The second-order valence-electron chi connectivity index (χ2n) is 14.5. The van der Waals surface area contributed by atoms with Crippen molar-refractivity contribution < 1.29 is 37.3 Å².